The first-order valence-electron chi connectivity index (χ1n) is 3.51. The number of aromatic nitrogens is 1. The zero-order valence-corrected chi connectivity index (χ0v) is 8.12. The fourth-order valence-electron chi connectivity index (χ4n) is 0.852. The second-order valence-corrected chi connectivity index (χ2v) is 3.33. The Morgan fingerprint density at radius 2 is 2.38 bits per heavy atom. The van der Waals surface area contributed by atoms with Gasteiger partial charge in [-0.2, -0.15) is 4.39 Å². The molecule has 0 fully saturated rings. The van der Waals surface area contributed by atoms with Crippen molar-refractivity contribution >= 4 is 15.9 Å². The van der Waals surface area contributed by atoms with Crippen LogP contribution in [-0.4, -0.2) is 16.5 Å². The first kappa shape index (κ1) is 10.0. The molecule has 0 saturated carbocycles. The molecule has 0 aromatic carbocycles. The van der Waals surface area contributed by atoms with Gasteiger partial charge in [0.15, 0.2) is 0 Å². The van der Waals surface area contributed by atoms with Gasteiger partial charge in [0.25, 0.3) is 0 Å². The Morgan fingerprint density at radius 1 is 1.69 bits per heavy atom. The zero-order valence-electron chi connectivity index (χ0n) is 6.54. The van der Waals surface area contributed by atoms with E-state index >= 15 is 0 Å². The molecule has 70 valence electrons. The van der Waals surface area contributed by atoms with Crippen LogP contribution in [0.4, 0.5) is 4.39 Å². The number of hydrogen-bond acceptors (Lipinski definition) is 3. The maximum atomic E-state index is 12.9. The van der Waals surface area contributed by atoms with Crippen LogP contribution in [0.2, 0.25) is 0 Å². The van der Waals surface area contributed by atoms with Crippen LogP contribution in [0.25, 0.3) is 0 Å². The molecule has 0 aliphatic heterocycles. The first-order valence-corrected chi connectivity index (χ1v) is 4.30. The highest BCUT2D eigenvalue weighted by atomic mass is 79.9. The van der Waals surface area contributed by atoms with Crippen LogP contribution in [0.3, 0.4) is 0 Å². The van der Waals surface area contributed by atoms with Crippen LogP contribution in [0, 0.1) is 16.1 Å². The van der Waals surface area contributed by atoms with Crippen LogP contribution in [-0.2, 0) is 6.42 Å². The van der Waals surface area contributed by atoms with Crippen LogP contribution in [0.5, 0.6) is 0 Å². The molecule has 1 heterocycles. The van der Waals surface area contributed by atoms with E-state index in [0.29, 0.717) is 4.47 Å². The minimum atomic E-state index is -0.648. The number of hydrogen-bond donors (Lipinski definition) is 0. The van der Waals surface area contributed by atoms with Gasteiger partial charge < -0.3 is 0 Å². The van der Waals surface area contributed by atoms with Crippen molar-refractivity contribution in [1.82, 2.24) is 4.98 Å². The highest BCUT2D eigenvalue weighted by Gasteiger charge is 2.07. The third kappa shape index (κ3) is 3.06. The standard InChI is InChI=1S/C7H6BrFN2O2/c8-6-3-5(1-2-11(12)13)7(9)10-4-6/h3-4H,1-2H2. The fourth-order valence-corrected chi connectivity index (χ4v) is 1.23. The van der Waals surface area contributed by atoms with Crippen molar-refractivity contribution in [2.24, 2.45) is 0 Å². The van der Waals surface area contributed by atoms with Crippen LogP contribution >= 0.6 is 15.9 Å². The molecular weight excluding hydrogens is 243 g/mol. The Hall–Kier alpha value is -1.04. The Bertz CT molecular complexity index is 332. The van der Waals surface area contributed by atoms with Gasteiger partial charge in [0.05, 0.1) is 0 Å². The summed E-state index contributed by atoms with van der Waals surface area (Å²) >= 11 is 3.10. The Kier molecular flexibility index (Phi) is 3.30. The predicted molar refractivity (Wildman–Crippen MR) is 47.5 cm³/mol. The smallest absolute Gasteiger partial charge is 0.216 e. The number of pyridine rings is 1. The van der Waals surface area contributed by atoms with Gasteiger partial charge in [0.1, 0.15) is 0 Å². The Balaban J connectivity index is 2.75. The molecule has 0 aliphatic rings. The summed E-state index contributed by atoms with van der Waals surface area (Å²) in [6.45, 7) is -0.283. The third-order valence-corrected chi connectivity index (χ3v) is 1.88. The highest BCUT2D eigenvalue weighted by molar-refractivity contribution is 9.10. The van der Waals surface area contributed by atoms with Gasteiger partial charge in [-0.25, -0.2) is 4.98 Å². The third-order valence-electron chi connectivity index (χ3n) is 1.44. The molecule has 1 aromatic heterocycles. The summed E-state index contributed by atoms with van der Waals surface area (Å²) in [5.74, 6) is -0.648. The minimum Gasteiger partial charge on any atom is -0.265 e. The molecule has 13 heavy (non-hydrogen) atoms. The molecule has 1 aromatic rings. The molecule has 6 heteroatoms. The van der Waals surface area contributed by atoms with Gasteiger partial charge in [-0.05, 0) is 22.0 Å². The van der Waals surface area contributed by atoms with Crippen molar-refractivity contribution in [3.63, 3.8) is 0 Å². The van der Waals surface area contributed by atoms with Crippen molar-refractivity contribution < 1.29 is 9.31 Å². The SMILES string of the molecule is O=[N+]([O-])CCc1cc(Br)cnc1F. The molecule has 0 atom stereocenters. The molecule has 0 amide bonds. The topological polar surface area (TPSA) is 56.0 Å². The zero-order chi connectivity index (χ0) is 9.84. The number of rotatable bonds is 3. The summed E-state index contributed by atoms with van der Waals surface area (Å²) in [4.78, 5) is 13.0. The highest BCUT2D eigenvalue weighted by Crippen LogP contribution is 2.13. The van der Waals surface area contributed by atoms with Crippen molar-refractivity contribution in [2.75, 3.05) is 6.54 Å². The summed E-state index contributed by atoms with van der Waals surface area (Å²) in [7, 11) is 0. The van der Waals surface area contributed by atoms with Crippen molar-refractivity contribution in [3.05, 3.63) is 38.4 Å². The average molecular weight is 249 g/mol. The number of halogens is 2. The van der Waals surface area contributed by atoms with Gasteiger partial charge in [-0.1, -0.05) is 0 Å². The lowest BCUT2D eigenvalue weighted by atomic mass is 10.2. The molecule has 0 bridgehead atoms. The van der Waals surface area contributed by atoms with E-state index in [-0.39, 0.29) is 18.5 Å². The molecule has 0 unspecified atom stereocenters. The summed E-state index contributed by atoms with van der Waals surface area (Å²) in [6, 6.07) is 1.49. The van der Waals surface area contributed by atoms with Gasteiger partial charge >= 0.3 is 0 Å². The van der Waals surface area contributed by atoms with Gasteiger partial charge in [0.2, 0.25) is 12.5 Å². The lowest BCUT2D eigenvalue weighted by Crippen LogP contribution is -2.06. The van der Waals surface area contributed by atoms with E-state index in [9.17, 15) is 14.5 Å². The molecule has 0 aliphatic carbocycles. The van der Waals surface area contributed by atoms with E-state index in [4.69, 9.17) is 0 Å². The fraction of sp³-hybridized carbons (Fsp3) is 0.286. The van der Waals surface area contributed by atoms with E-state index in [1.54, 1.807) is 0 Å². The van der Waals surface area contributed by atoms with Crippen molar-refractivity contribution in [3.8, 4) is 0 Å². The van der Waals surface area contributed by atoms with Crippen LogP contribution in [0.1, 0.15) is 5.56 Å². The van der Waals surface area contributed by atoms with Gasteiger partial charge in [-0.3, -0.25) is 10.1 Å². The van der Waals surface area contributed by atoms with Gasteiger partial charge in [0, 0.05) is 27.6 Å². The average Bonchev–Trinajstić information content (AvgIpc) is 2.06. The van der Waals surface area contributed by atoms with E-state index in [2.05, 4.69) is 20.9 Å². The summed E-state index contributed by atoms with van der Waals surface area (Å²) < 4.78 is 13.5. The van der Waals surface area contributed by atoms with E-state index < -0.39 is 10.9 Å². The maximum absolute atomic E-state index is 12.9. The van der Waals surface area contributed by atoms with Crippen LogP contribution < -0.4 is 0 Å². The van der Waals surface area contributed by atoms with E-state index in [1.807, 2.05) is 0 Å². The predicted octanol–water partition coefficient (Wildman–Crippen LogP) is 1.80. The largest absolute Gasteiger partial charge is 0.265 e. The molecule has 0 saturated heterocycles. The minimum absolute atomic E-state index is 0.0608. The molecular formula is C7H6BrFN2O2. The molecule has 1 rings (SSSR count). The van der Waals surface area contributed by atoms with Crippen molar-refractivity contribution in [2.45, 2.75) is 6.42 Å². The summed E-state index contributed by atoms with van der Waals surface area (Å²) in [6.07, 6.45) is 1.37. The number of nitro groups is 1. The Labute approximate surface area is 82.1 Å². The second kappa shape index (κ2) is 4.27. The lowest BCUT2D eigenvalue weighted by molar-refractivity contribution is -0.479. The first-order chi connectivity index (χ1) is 6.09. The quantitative estimate of drug-likeness (QED) is 0.466. The maximum Gasteiger partial charge on any atom is 0.216 e. The van der Waals surface area contributed by atoms with Crippen molar-refractivity contribution in [1.29, 1.82) is 0 Å². The summed E-state index contributed by atoms with van der Waals surface area (Å²) in [5.41, 5.74) is 0.256. The number of nitrogens with zero attached hydrogens (tertiary/aromatic N) is 2. The van der Waals surface area contributed by atoms with Crippen LogP contribution in [0.15, 0.2) is 16.7 Å². The summed E-state index contributed by atoms with van der Waals surface area (Å²) in [5, 5.41) is 10.0. The van der Waals surface area contributed by atoms with E-state index in [0.717, 1.165) is 0 Å². The molecule has 0 spiro atoms. The second-order valence-electron chi connectivity index (χ2n) is 2.41. The monoisotopic (exact) mass is 248 g/mol. The van der Waals surface area contributed by atoms with Gasteiger partial charge in [-0.15, -0.1) is 0 Å². The Morgan fingerprint density at radius 3 is 3.00 bits per heavy atom. The normalized spacial score (nSPS) is 10.0. The lowest BCUT2D eigenvalue weighted by Gasteiger charge is -1.98. The molecule has 4 nitrogen and oxygen atoms in total. The molecule has 0 N–H and O–H groups in total. The molecule has 0 radical (unpaired) electrons. The van der Waals surface area contributed by atoms with E-state index in [1.165, 1.54) is 12.3 Å².